The highest BCUT2D eigenvalue weighted by Gasteiger charge is 2.14. The van der Waals surface area contributed by atoms with Crippen LogP contribution in [0, 0.1) is 6.92 Å². The SMILES string of the molecule is Cc1c(C(=O)NCCNC(=O)c2ccccc2)sc2ccccc12. The molecule has 0 saturated carbocycles. The summed E-state index contributed by atoms with van der Waals surface area (Å²) in [6.07, 6.45) is 0. The summed E-state index contributed by atoms with van der Waals surface area (Å²) < 4.78 is 1.11. The number of carbonyl (C=O) groups is 2. The van der Waals surface area contributed by atoms with Crippen molar-refractivity contribution < 1.29 is 9.59 Å². The maximum Gasteiger partial charge on any atom is 0.261 e. The van der Waals surface area contributed by atoms with Crippen LogP contribution >= 0.6 is 11.3 Å². The molecule has 0 aliphatic heterocycles. The van der Waals surface area contributed by atoms with Crippen molar-refractivity contribution in [2.24, 2.45) is 0 Å². The van der Waals surface area contributed by atoms with E-state index in [1.165, 1.54) is 11.3 Å². The smallest absolute Gasteiger partial charge is 0.261 e. The number of hydrogen-bond donors (Lipinski definition) is 2. The molecular weight excluding hydrogens is 320 g/mol. The number of nitrogens with one attached hydrogen (secondary N) is 2. The maximum atomic E-state index is 12.3. The fourth-order valence-electron chi connectivity index (χ4n) is 2.51. The molecular formula is C19H18N2O2S. The normalized spacial score (nSPS) is 10.5. The Hall–Kier alpha value is -2.66. The Labute approximate surface area is 144 Å². The van der Waals surface area contributed by atoms with E-state index in [2.05, 4.69) is 10.6 Å². The number of benzene rings is 2. The predicted octanol–water partition coefficient (Wildman–Crippen LogP) is 3.37. The van der Waals surface area contributed by atoms with Crippen LogP contribution < -0.4 is 10.6 Å². The second-order valence-electron chi connectivity index (χ2n) is 5.43. The average molecular weight is 338 g/mol. The molecule has 4 nitrogen and oxygen atoms in total. The Morgan fingerprint density at radius 3 is 2.21 bits per heavy atom. The van der Waals surface area contributed by atoms with E-state index in [0.29, 0.717) is 18.7 Å². The van der Waals surface area contributed by atoms with Crippen molar-refractivity contribution in [2.75, 3.05) is 13.1 Å². The highest BCUT2D eigenvalue weighted by atomic mass is 32.1. The van der Waals surface area contributed by atoms with Gasteiger partial charge in [0.25, 0.3) is 11.8 Å². The van der Waals surface area contributed by atoms with E-state index < -0.39 is 0 Å². The number of amides is 2. The van der Waals surface area contributed by atoms with Crippen molar-refractivity contribution in [1.82, 2.24) is 10.6 Å². The fraction of sp³-hybridized carbons (Fsp3) is 0.158. The zero-order valence-corrected chi connectivity index (χ0v) is 14.2. The molecule has 1 heterocycles. The van der Waals surface area contributed by atoms with E-state index in [0.717, 1.165) is 20.5 Å². The first-order valence-corrected chi connectivity index (χ1v) is 8.58. The summed E-state index contributed by atoms with van der Waals surface area (Å²) in [4.78, 5) is 25.0. The summed E-state index contributed by atoms with van der Waals surface area (Å²) in [5.41, 5.74) is 1.62. The highest BCUT2D eigenvalue weighted by Crippen LogP contribution is 2.30. The lowest BCUT2D eigenvalue weighted by atomic mass is 10.1. The number of aryl methyl sites for hydroxylation is 1. The molecule has 0 radical (unpaired) electrons. The van der Waals surface area contributed by atoms with Crippen LogP contribution in [0.1, 0.15) is 25.6 Å². The topological polar surface area (TPSA) is 58.2 Å². The molecule has 0 aliphatic carbocycles. The third-order valence-corrected chi connectivity index (χ3v) is 5.05. The van der Waals surface area contributed by atoms with Gasteiger partial charge in [-0.3, -0.25) is 9.59 Å². The molecule has 122 valence electrons. The summed E-state index contributed by atoms with van der Waals surface area (Å²) in [5, 5.41) is 6.78. The number of rotatable bonds is 5. The Balaban J connectivity index is 1.54. The monoisotopic (exact) mass is 338 g/mol. The van der Waals surface area contributed by atoms with E-state index >= 15 is 0 Å². The zero-order valence-electron chi connectivity index (χ0n) is 13.3. The predicted molar refractivity (Wildman–Crippen MR) is 97.7 cm³/mol. The molecule has 3 rings (SSSR count). The van der Waals surface area contributed by atoms with Gasteiger partial charge in [-0.1, -0.05) is 36.4 Å². The van der Waals surface area contributed by atoms with Crippen LogP contribution in [-0.4, -0.2) is 24.9 Å². The van der Waals surface area contributed by atoms with E-state index in [4.69, 9.17) is 0 Å². The quantitative estimate of drug-likeness (QED) is 0.701. The van der Waals surface area contributed by atoms with Gasteiger partial charge in [0.15, 0.2) is 0 Å². The van der Waals surface area contributed by atoms with Crippen LogP contribution in [0.4, 0.5) is 0 Å². The summed E-state index contributed by atoms with van der Waals surface area (Å²) in [5.74, 6) is -0.231. The molecule has 2 amide bonds. The molecule has 0 bridgehead atoms. The molecule has 0 atom stereocenters. The third-order valence-electron chi connectivity index (χ3n) is 3.78. The largest absolute Gasteiger partial charge is 0.350 e. The second kappa shape index (κ2) is 7.27. The Morgan fingerprint density at radius 1 is 0.875 bits per heavy atom. The molecule has 0 fully saturated rings. The molecule has 0 saturated heterocycles. The van der Waals surface area contributed by atoms with Crippen molar-refractivity contribution in [3.05, 3.63) is 70.6 Å². The molecule has 0 unspecified atom stereocenters. The first-order valence-electron chi connectivity index (χ1n) is 7.76. The van der Waals surface area contributed by atoms with E-state index in [9.17, 15) is 9.59 Å². The van der Waals surface area contributed by atoms with Gasteiger partial charge in [-0.15, -0.1) is 11.3 Å². The first-order chi connectivity index (χ1) is 11.7. The second-order valence-corrected chi connectivity index (χ2v) is 6.48. The minimum atomic E-state index is -0.136. The van der Waals surface area contributed by atoms with E-state index in [-0.39, 0.29) is 11.8 Å². The van der Waals surface area contributed by atoms with Gasteiger partial charge in [0.05, 0.1) is 4.88 Å². The minimum Gasteiger partial charge on any atom is -0.350 e. The van der Waals surface area contributed by atoms with Gasteiger partial charge in [0.1, 0.15) is 0 Å². The van der Waals surface area contributed by atoms with E-state index in [1.807, 2.05) is 49.4 Å². The zero-order chi connectivity index (χ0) is 16.9. The molecule has 2 aromatic carbocycles. The van der Waals surface area contributed by atoms with Gasteiger partial charge in [0, 0.05) is 23.4 Å². The van der Waals surface area contributed by atoms with Crippen molar-refractivity contribution in [2.45, 2.75) is 6.92 Å². The average Bonchev–Trinajstić information content (AvgIpc) is 2.96. The molecule has 0 spiro atoms. The Bertz CT molecular complexity index is 871. The van der Waals surface area contributed by atoms with Gasteiger partial charge in [-0.2, -0.15) is 0 Å². The standard InChI is InChI=1S/C19H18N2O2S/c1-13-15-9-5-6-10-16(15)24-17(13)19(23)21-12-11-20-18(22)14-7-3-2-4-8-14/h2-10H,11-12H2,1H3,(H,20,22)(H,21,23). The Kier molecular flexibility index (Phi) is 4.91. The number of thiophene rings is 1. The van der Waals surface area contributed by atoms with Crippen LogP contribution in [-0.2, 0) is 0 Å². The van der Waals surface area contributed by atoms with E-state index in [1.54, 1.807) is 12.1 Å². The van der Waals surface area contributed by atoms with Crippen LogP contribution in [0.5, 0.6) is 0 Å². The number of carbonyl (C=O) groups excluding carboxylic acids is 2. The van der Waals surface area contributed by atoms with Crippen LogP contribution in [0.2, 0.25) is 0 Å². The molecule has 1 aromatic heterocycles. The van der Waals surface area contributed by atoms with Gasteiger partial charge >= 0.3 is 0 Å². The van der Waals surface area contributed by atoms with Crippen LogP contribution in [0.25, 0.3) is 10.1 Å². The molecule has 0 aliphatic rings. The lowest BCUT2D eigenvalue weighted by Crippen LogP contribution is -2.34. The first kappa shape index (κ1) is 16.2. The summed E-state index contributed by atoms with van der Waals surface area (Å²) in [7, 11) is 0. The van der Waals surface area contributed by atoms with Gasteiger partial charge in [-0.05, 0) is 36.1 Å². The summed E-state index contributed by atoms with van der Waals surface area (Å²) in [6.45, 7) is 2.75. The van der Waals surface area contributed by atoms with Crippen molar-refractivity contribution in [1.29, 1.82) is 0 Å². The number of hydrogen-bond acceptors (Lipinski definition) is 3. The molecule has 24 heavy (non-hydrogen) atoms. The van der Waals surface area contributed by atoms with Crippen molar-refractivity contribution in [3.63, 3.8) is 0 Å². The van der Waals surface area contributed by atoms with Gasteiger partial charge < -0.3 is 10.6 Å². The summed E-state index contributed by atoms with van der Waals surface area (Å²) in [6, 6.07) is 17.0. The molecule has 3 aromatic rings. The number of fused-ring (bicyclic) bond motifs is 1. The summed E-state index contributed by atoms with van der Waals surface area (Å²) >= 11 is 1.49. The van der Waals surface area contributed by atoms with Crippen molar-refractivity contribution >= 4 is 33.2 Å². The third kappa shape index (κ3) is 3.46. The van der Waals surface area contributed by atoms with Crippen molar-refractivity contribution in [3.8, 4) is 0 Å². The Morgan fingerprint density at radius 2 is 1.50 bits per heavy atom. The minimum absolute atomic E-state index is 0.0948. The fourth-order valence-corrected chi connectivity index (χ4v) is 3.64. The maximum absolute atomic E-state index is 12.3. The van der Waals surface area contributed by atoms with Crippen LogP contribution in [0.15, 0.2) is 54.6 Å². The lowest BCUT2D eigenvalue weighted by molar-refractivity contribution is 0.0929. The van der Waals surface area contributed by atoms with Gasteiger partial charge in [-0.25, -0.2) is 0 Å². The van der Waals surface area contributed by atoms with Gasteiger partial charge in [0.2, 0.25) is 0 Å². The highest BCUT2D eigenvalue weighted by molar-refractivity contribution is 7.21. The lowest BCUT2D eigenvalue weighted by Gasteiger charge is -2.07. The molecule has 5 heteroatoms. The van der Waals surface area contributed by atoms with Crippen LogP contribution in [0.3, 0.4) is 0 Å². The molecule has 2 N–H and O–H groups in total.